The highest BCUT2D eigenvalue weighted by molar-refractivity contribution is 5.76. The standard InChI is InChI=1S/C66H125NO13/c1-3-5-7-9-11-13-15-17-19-21-22-23-24-25-26-27-28-29-30-31-32-34-35-37-39-41-43-45-47-49-55(70)54(67-58(71)50-48-46-44-42-40-38-36-33-20-18-16-14-12-10-8-6-4-2)53-77-65-63(76)61(74)64(57(52-69)79-65)80-66-62(75)60(73)59(72)56(51-68)78-66/h18,20,47,49,54-57,59-66,68-70,72-76H,3-17,19,21-46,48,50-53H2,1-2H3,(H,67,71)/b20-18-,49-47+. The van der Waals surface area contributed by atoms with Crippen LogP contribution in [-0.2, 0) is 23.7 Å². The largest absolute Gasteiger partial charge is 0.394 e. The Morgan fingerprint density at radius 2 is 0.787 bits per heavy atom. The van der Waals surface area contributed by atoms with Gasteiger partial charge in [-0.15, -0.1) is 0 Å². The Morgan fingerprint density at radius 1 is 0.438 bits per heavy atom. The summed E-state index contributed by atoms with van der Waals surface area (Å²) < 4.78 is 22.8. The first-order valence-electron chi connectivity index (χ1n) is 33.6. The van der Waals surface area contributed by atoms with Crippen LogP contribution in [0.15, 0.2) is 24.3 Å². The molecule has 9 N–H and O–H groups in total. The SMILES string of the molecule is CCCCCCCC/C=C\CCCCCCCCCC(=O)NC(COC1OC(CO)C(OC2OC(CO)C(O)C(O)C2O)C(O)C1O)C(O)/C=C/CCCCCCCCCCCCCCCCCCCCCCCCCCCCC. The van der Waals surface area contributed by atoms with E-state index in [2.05, 4.69) is 31.3 Å². The van der Waals surface area contributed by atoms with Crippen LogP contribution in [0.1, 0.15) is 296 Å². The lowest BCUT2D eigenvalue weighted by molar-refractivity contribution is -0.359. The molecule has 2 saturated heterocycles. The number of carbonyl (C=O) groups excluding carboxylic acids is 1. The Hall–Kier alpha value is -1.53. The lowest BCUT2D eigenvalue weighted by Gasteiger charge is -2.46. The molecule has 1 amide bonds. The molecule has 472 valence electrons. The normalized spacial score (nSPS) is 24.3. The third-order valence-electron chi connectivity index (χ3n) is 16.6. The van der Waals surface area contributed by atoms with Crippen LogP contribution in [0.3, 0.4) is 0 Å². The average molecular weight is 1140 g/mol. The van der Waals surface area contributed by atoms with Crippen LogP contribution < -0.4 is 5.32 Å². The van der Waals surface area contributed by atoms with Gasteiger partial charge in [-0.05, 0) is 44.9 Å². The van der Waals surface area contributed by atoms with Crippen LogP contribution >= 0.6 is 0 Å². The van der Waals surface area contributed by atoms with Gasteiger partial charge in [0.05, 0.1) is 32.0 Å². The van der Waals surface area contributed by atoms with E-state index in [1.54, 1.807) is 6.08 Å². The number of hydrogen-bond acceptors (Lipinski definition) is 13. The summed E-state index contributed by atoms with van der Waals surface area (Å²) in [5.41, 5.74) is 0. The molecule has 2 aliphatic rings. The van der Waals surface area contributed by atoms with Gasteiger partial charge < -0.3 is 65.1 Å². The number of nitrogens with one attached hydrogen (secondary N) is 1. The summed E-state index contributed by atoms with van der Waals surface area (Å²) in [6, 6.07) is -0.916. The summed E-state index contributed by atoms with van der Waals surface area (Å²) in [7, 11) is 0. The third kappa shape index (κ3) is 36.3. The Balaban J connectivity index is 1.69. The molecule has 0 saturated carbocycles. The number of aliphatic hydroxyl groups is 8. The van der Waals surface area contributed by atoms with Crippen molar-refractivity contribution in [1.29, 1.82) is 0 Å². The monoisotopic (exact) mass is 1140 g/mol. The second-order valence-electron chi connectivity index (χ2n) is 24.0. The van der Waals surface area contributed by atoms with E-state index in [0.717, 1.165) is 44.9 Å². The lowest BCUT2D eigenvalue weighted by Crippen LogP contribution is -2.65. The van der Waals surface area contributed by atoms with E-state index in [0.29, 0.717) is 6.42 Å². The highest BCUT2D eigenvalue weighted by atomic mass is 16.7. The first-order chi connectivity index (χ1) is 39.1. The fraction of sp³-hybridized carbons (Fsp3) is 0.924. The zero-order chi connectivity index (χ0) is 58.1. The number of allylic oxidation sites excluding steroid dienone is 3. The summed E-state index contributed by atoms with van der Waals surface area (Å²) in [5.74, 6) is -0.240. The topological polar surface area (TPSA) is 228 Å². The van der Waals surface area contributed by atoms with E-state index in [-0.39, 0.29) is 18.9 Å². The molecule has 12 atom stereocenters. The molecule has 12 unspecified atom stereocenters. The van der Waals surface area contributed by atoms with Gasteiger partial charge >= 0.3 is 0 Å². The molecular formula is C66H125NO13. The van der Waals surface area contributed by atoms with Crippen molar-refractivity contribution in [2.24, 2.45) is 0 Å². The zero-order valence-corrected chi connectivity index (χ0v) is 51.1. The van der Waals surface area contributed by atoms with Gasteiger partial charge in [0.15, 0.2) is 12.6 Å². The van der Waals surface area contributed by atoms with E-state index < -0.39 is 86.8 Å². The highest BCUT2D eigenvalue weighted by Crippen LogP contribution is 2.30. The van der Waals surface area contributed by atoms with Gasteiger partial charge in [0.1, 0.15) is 48.8 Å². The number of unbranched alkanes of at least 4 members (excludes halogenated alkanes) is 40. The maximum Gasteiger partial charge on any atom is 0.220 e. The fourth-order valence-corrected chi connectivity index (χ4v) is 11.2. The number of aliphatic hydroxyl groups excluding tert-OH is 8. The predicted octanol–water partition coefficient (Wildman–Crippen LogP) is 12.8. The van der Waals surface area contributed by atoms with E-state index in [4.69, 9.17) is 18.9 Å². The molecule has 0 aromatic rings. The Morgan fingerprint density at radius 3 is 1.19 bits per heavy atom. The molecule has 2 rings (SSSR count). The smallest absolute Gasteiger partial charge is 0.220 e. The van der Waals surface area contributed by atoms with Gasteiger partial charge in [0.2, 0.25) is 5.91 Å². The molecule has 0 aromatic carbocycles. The molecule has 2 fully saturated rings. The van der Waals surface area contributed by atoms with E-state index >= 15 is 0 Å². The van der Waals surface area contributed by atoms with Gasteiger partial charge in [0, 0.05) is 6.42 Å². The van der Waals surface area contributed by atoms with Gasteiger partial charge in [0.25, 0.3) is 0 Å². The molecule has 14 nitrogen and oxygen atoms in total. The molecule has 0 radical (unpaired) electrons. The van der Waals surface area contributed by atoms with Crippen molar-refractivity contribution in [3.63, 3.8) is 0 Å². The second-order valence-corrected chi connectivity index (χ2v) is 24.0. The van der Waals surface area contributed by atoms with Gasteiger partial charge in [-0.2, -0.15) is 0 Å². The summed E-state index contributed by atoms with van der Waals surface area (Å²) in [6.45, 7) is 2.83. The first-order valence-corrected chi connectivity index (χ1v) is 33.6. The number of ether oxygens (including phenoxy) is 4. The minimum atomic E-state index is -1.79. The van der Waals surface area contributed by atoms with E-state index in [9.17, 15) is 45.6 Å². The maximum atomic E-state index is 13.3. The molecule has 2 aliphatic heterocycles. The Bertz CT molecular complexity index is 1440. The van der Waals surface area contributed by atoms with Crippen LogP contribution in [0, 0.1) is 0 Å². The minimum absolute atomic E-state index is 0.240. The maximum absolute atomic E-state index is 13.3. The van der Waals surface area contributed by atoms with Crippen molar-refractivity contribution in [3.8, 4) is 0 Å². The van der Waals surface area contributed by atoms with Crippen molar-refractivity contribution in [3.05, 3.63) is 24.3 Å². The van der Waals surface area contributed by atoms with Crippen molar-refractivity contribution >= 4 is 5.91 Å². The van der Waals surface area contributed by atoms with Crippen molar-refractivity contribution < 1.29 is 64.6 Å². The molecule has 14 heteroatoms. The molecule has 0 bridgehead atoms. The van der Waals surface area contributed by atoms with Gasteiger partial charge in [-0.25, -0.2) is 0 Å². The number of rotatable bonds is 55. The number of carbonyl (C=O) groups is 1. The summed E-state index contributed by atoms with van der Waals surface area (Å²) in [4.78, 5) is 13.3. The molecule has 0 aromatic heterocycles. The van der Waals surface area contributed by atoms with E-state index in [1.165, 1.54) is 225 Å². The average Bonchev–Trinajstić information content (AvgIpc) is 3.49. The highest BCUT2D eigenvalue weighted by Gasteiger charge is 2.51. The summed E-state index contributed by atoms with van der Waals surface area (Å²) >= 11 is 0. The Labute approximate surface area is 488 Å². The van der Waals surface area contributed by atoms with Crippen LogP contribution in [-0.4, -0.2) is 140 Å². The lowest BCUT2D eigenvalue weighted by atomic mass is 9.97. The van der Waals surface area contributed by atoms with Crippen LogP contribution in [0.5, 0.6) is 0 Å². The van der Waals surface area contributed by atoms with Crippen LogP contribution in [0.25, 0.3) is 0 Å². The van der Waals surface area contributed by atoms with Crippen molar-refractivity contribution in [2.45, 2.75) is 370 Å². The molecule has 2 heterocycles. The first kappa shape index (κ1) is 74.6. The van der Waals surface area contributed by atoms with Gasteiger partial charge in [-0.1, -0.05) is 269 Å². The zero-order valence-electron chi connectivity index (χ0n) is 51.1. The second kappa shape index (κ2) is 51.9. The summed E-state index contributed by atoms with van der Waals surface area (Å²) in [5, 5.41) is 87.3. The molecule has 0 spiro atoms. The minimum Gasteiger partial charge on any atom is -0.394 e. The predicted molar refractivity (Wildman–Crippen MR) is 323 cm³/mol. The van der Waals surface area contributed by atoms with Crippen molar-refractivity contribution in [1.82, 2.24) is 5.32 Å². The van der Waals surface area contributed by atoms with Gasteiger partial charge in [-0.3, -0.25) is 4.79 Å². The quantitative estimate of drug-likeness (QED) is 0.0204. The van der Waals surface area contributed by atoms with Crippen LogP contribution in [0.2, 0.25) is 0 Å². The fourth-order valence-electron chi connectivity index (χ4n) is 11.2. The Kier molecular flexibility index (Phi) is 48.3. The number of amides is 1. The van der Waals surface area contributed by atoms with Crippen molar-refractivity contribution in [2.75, 3.05) is 19.8 Å². The molecule has 0 aliphatic carbocycles. The van der Waals surface area contributed by atoms with E-state index in [1.807, 2.05) is 6.08 Å². The number of hydrogen-bond donors (Lipinski definition) is 9. The third-order valence-corrected chi connectivity index (χ3v) is 16.6. The van der Waals surface area contributed by atoms with Crippen LogP contribution in [0.4, 0.5) is 0 Å². The molecular weight excluding hydrogens is 1010 g/mol. The molecule has 80 heavy (non-hydrogen) atoms. The summed E-state index contributed by atoms with van der Waals surface area (Å²) in [6.07, 6.45) is 46.6.